The predicted molar refractivity (Wildman–Crippen MR) is 75.5 cm³/mol. The minimum atomic E-state index is -0.252. The fourth-order valence-corrected chi connectivity index (χ4v) is 1.90. The summed E-state index contributed by atoms with van der Waals surface area (Å²) in [5, 5.41) is 7.09. The molecule has 100 valence electrons. The molecule has 3 N–H and O–H groups in total. The van der Waals surface area contributed by atoms with E-state index >= 15 is 0 Å². The third-order valence-corrected chi connectivity index (χ3v) is 3.04. The lowest BCUT2D eigenvalue weighted by atomic mass is 10.1. The van der Waals surface area contributed by atoms with E-state index in [2.05, 4.69) is 10.4 Å². The molecule has 0 bridgehead atoms. The van der Waals surface area contributed by atoms with E-state index in [1.165, 1.54) is 0 Å². The zero-order valence-corrected chi connectivity index (χ0v) is 11.9. The van der Waals surface area contributed by atoms with Crippen LogP contribution < -0.4 is 11.1 Å². The molecule has 6 heteroatoms. The van der Waals surface area contributed by atoms with Gasteiger partial charge in [0.2, 0.25) is 0 Å². The molecule has 18 heavy (non-hydrogen) atoms. The predicted octanol–water partition coefficient (Wildman–Crippen LogP) is 1.17. The highest BCUT2D eigenvalue weighted by Crippen LogP contribution is 2.05. The monoisotopic (exact) mass is 268 g/mol. The number of carbonyl (C=O) groups excluding carboxylic acids is 1. The van der Waals surface area contributed by atoms with Crippen molar-refractivity contribution in [3.8, 4) is 0 Å². The summed E-state index contributed by atoms with van der Waals surface area (Å²) < 4.78 is 1.58. The summed E-state index contributed by atoms with van der Waals surface area (Å²) in [5.41, 5.74) is 7.04. The summed E-state index contributed by atoms with van der Waals surface area (Å²) in [4.78, 5) is 12.4. The van der Waals surface area contributed by atoms with Crippen LogP contribution >= 0.6 is 12.2 Å². The van der Waals surface area contributed by atoms with Gasteiger partial charge in [-0.3, -0.25) is 9.48 Å². The minimum absolute atomic E-state index is 0.184. The molecule has 1 aromatic heterocycles. The van der Waals surface area contributed by atoms with Crippen molar-refractivity contribution >= 4 is 23.1 Å². The second kappa shape index (κ2) is 6.49. The van der Waals surface area contributed by atoms with Gasteiger partial charge in [0.05, 0.1) is 16.7 Å². The van der Waals surface area contributed by atoms with Crippen molar-refractivity contribution in [3.63, 3.8) is 0 Å². The number of thiocarbonyl (C=S) groups is 1. The Balaban J connectivity index is 2.79. The molecule has 1 rings (SSSR count). The minimum Gasteiger partial charge on any atom is -0.392 e. The van der Waals surface area contributed by atoms with Gasteiger partial charge in [0.1, 0.15) is 5.69 Å². The Bertz CT molecular complexity index is 441. The van der Waals surface area contributed by atoms with Crippen molar-refractivity contribution in [2.24, 2.45) is 12.8 Å². The first-order valence-corrected chi connectivity index (χ1v) is 6.53. The molecular weight excluding hydrogens is 248 g/mol. The largest absolute Gasteiger partial charge is 0.392 e. The summed E-state index contributed by atoms with van der Waals surface area (Å²) in [7, 11) is 1.75. The Hall–Kier alpha value is -1.43. The number of rotatable bonds is 6. The number of aromatic nitrogens is 2. The smallest absolute Gasteiger partial charge is 0.270 e. The Morgan fingerprint density at radius 2 is 2.28 bits per heavy atom. The van der Waals surface area contributed by atoms with E-state index in [9.17, 15) is 4.79 Å². The van der Waals surface area contributed by atoms with Crippen LogP contribution in [0.15, 0.2) is 6.07 Å². The van der Waals surface area contributed by atoms with Gasteiger partial charge in [-0.2, -0.15) is 5.10 Å². The van der Waals surface area contributed by atoms with Crippen LogP contribution in [-0.2, 0) is 13.5 Å². The van der Waals surface area contributed by atoms with Crippen molar-refractivity contribution in [2.45, 2.75) is 39.2 Å². The number of hydrogen-bond donors (Lipinski definition) is 2. The molecule has 0 saturated carbocycles. The van der Waals surface area contributed by atoms with Crippen LogP contribution in [0.25, 0.3) is 0 Å². The van der Waals surface area contributed by atoms with Gasteiger partial charge < -0.3 is 11.1 Å². The van der Waals surface area contributed by atoms with E-state index in [1.807, 2.05) is 13.8 Å². The molecule has 0 aromatic carbocycles. The van der Waals surface area contributed by atoms with E-state index in [-0.39, 0.29) is 11.9 Å². The number of carbonyl (C=O) groups is 1. The van der Waals surface area contributed by atoms with Crippen molar-refractivity contribution < 1.29 is 4.79 Å². The molecule has 0 saturated heterocycles. The van der Waals surface area contributed by atoms with Crippen molar-refractivity contribution in [1.82, 2.24) is 15.1 Å². The lowest BCUT2D eigenvalue weighted by Crippen LogP contribution is -2.43. The molecule has 0 aliphatic carbocycles. The second-order valence-electron chi connectivity index (χ2n) is 4.22. The van der Waals surface area contributed by atoms with Crippen LogP contribution in [0.2, 0.25) is 0 Å². The molecule has 0 aliphatic heterocycles. The van der Waals surface area contributed by atoms with Gasteiger partial charge in [0, 0.05) is 7.05 Å². The van der Waals surface area contributed by atoms with Crippen molar-refractivity contribution in [1.29, 1.82) is 0 Å². The first kappa shape index (κ1) is 14.6. The Morgan fingerprint density at radius 3 is 2.72 bits per heavy atom. The number of nitrogens with zero attached hydrogens (tertiary/aromatic N) is 2. The van der Waals surface area contributed by atoms with E-state index in [0.29, 0.717) is 10.7 Å². The first-order chi connectivity index (χ1) is 8.49. The Labute approximate surface area is 113 Å². The van der Waals surface area contributed by atoms with E-state index < -0.39 is 0 Å². The summed E-state index contributed by atoms with van der Waals surface area (Å²) in [5.74, 6) is -0.184. The van der Waals surface area contributed by atoms with E-state index in [4.69, 9.17) is 18.0 Å². The molecule has 1 unspecified atom stereocenters. The van der Waals surface area contributed by atoms with Crippen molar-refractivity contribution in [2.75, 3.05) is 0 Å². The zero-order valence-electron chi connectivity index (χ0n) is 11.1. The number of hydrogen-bond acceptors (Lipinski definition) is 3. The van der Waals surface area contributed by atoms with Crippen molar-refractivity contribution in [3.05, 3.63) is 17.5 Å². The molecule has 0 radical (unpaired) electrons. The SMILES string of the molecule is CCCC(NC(=O)c1cc(CC)nn1C)C(N)=S. The first-order valence-electron chi connectivity index (χ1n) is 6.12. The topological polar surface area (TPSA) is 72.9 Å². The Morgan fingerprint density at radius 1 is 1.61 bits per heavy atom. The number of amides is 1. The number of aryl methyl sites for hydroxylation is 2. The molecule has 1 aromatic rings. The van der Waals surface area contributed by atoms with Gasteiger partial charge in [0.15, 0.2) is 0 Å². The molecule has 1 amide bonds. The third-order valence-electron chi connectivity index (χ3n) is 2.75. The summed E-state index contributed by atoms with van der Waals surface area (Å²) in [6.07, 6.45) is 2.46. The van der Waals surface area contributed by atoms with Crippen LogP contribution in [0.1, 0.15) is 42.9 Å². The molecular formula is C12H20N4OS. The highest BCUT2D eigenvalue weighted by molar-refractivity contribution is 7.80. The molecule has 0 fully saturated rings. The van der Waals surface area contributed by atoms with E-state index in [0.717, 1.165) is 25.0 Å². The zero-order chi connectivity index (χ0) is 13.7. The normalized spacial score (nSPS) is 12.2. The summed E-state index contributed by atoms with van der Waals surface area (Å²) in [6, 6.07) is 1.54. The molecule has 0 spiro atoms. The lowest BCUT2D eigenvalue weighted by Gasteiger charge is -2.16. The van der Waals surface area contributed by atoms with Gasteiger partial charge in [-0.05, 0) is 18.9 Å². The quantitative estimate of drug-likeness (QED) is 0.760. The highest BCUT2D eigenvalue weighted by Gasteiger charge is 2.18. The summed E-state index contributed by atoms with van der Waals surface area (Å²) in [6.45, 7) is 4.02. The van der Waals surface area contributed by atoms with Gasteiger partial charge in [-0.1, -0.05) is 32.5 Å². The van der Waals surface area contributed by atoms with Crippen LogP contribution in [0, 0.1) is 0 Å². The van der Waals surface area contributed by atoms with Crippen LogP contribution in [0.5, 0.6) is 0 Å². The average molecular weight is 268 g/mol. The maximum atomic E-state index is 12.1. The maximum Gasteiger partial charge on any atom is 0.270 e. The van der Waals surface area contributed by atoms with Crippen LogP contribution in [0.4, 0.5) is 0 Å². The molecule has 1 atom stereocenters. The highest BCUT2D eigenvalue weighted by atomic mass is 32.1. The van der Waals surface area contributed by atoms with Crippen LogP contribution in [-0.4, -0.2) is 26.7 Å². The van der Waals surface area contributed by atoms with Gasteiger partial charge in [-0.25, -0.2) is 0 Å². The fraction of sp³-hybridized carbons (Fsp3) is 0.583. The second-order valence-corrected chi connectivity index (χ2v) is 4.69. The van der Waals surface area contributed by atoms with Crippen LogP contribution in [0.3, 0.4) is 0 Å². The standard InChI is InChI=1S/C12H20N4OS/c1-4-6-9(11(13)18)14-12(17)10-7-8(5-2)15-16(10)3/h7,9H,4-6H2,1-3H3,(H2,13,18)(H,14,17). The van der Waals surface area contributed by atoms with Gasteiger partial charge in [0.25, 0.3) is 5.91 Å². The number of nitrogens with two attached hydrogens (primary N) is 1. The molecule has 5 nitrogen and oxygen atoms in total. The maximum absolute atomic E-state index is 12.1. The fourth-order valence-electron chi connectivity index (χ4n) is 1.72. The van der Waals surface area contributed by atoms with E-state index in [1.54, 1.807) is 17.8 Å². The number of nitrogens with one attached hydrogen (secondary N) is 1. The average Bonchev–Trinajstić information content (AvgIpc) is 2.69. The summed E-state index contributed by atoms with van der Waals surface area (Å²) >= 11 is 4.95. The van der Waals surface area contributed by atoms with Gasteiger partial charge >= 0.3 is 0 Å². The Kier molecular flexibility index (Phi) is 5.27. The molecule has 1 heterocycles. The lowest BCUT2D eigenvalue weighted by molar-refractivity contribution is 0.0936. The molecule has 0 aliphatic rings. The third kappa shape index (κ3) is 3.53. The van der Waals surface area contributed by atoms with Gasteiger partial charge in [-0.15, -0.1) is 0 Å².